The zero-order valence-electron chi connectivity index (χ0n) is 45.1. The van der Waals surface area contributed by atoms with E-state index in [0.29, 0.717) is 18.8 Å². The first kappa shape index (κ1) is 66.7. The van der Waals surface area contributed by atoms with Crippen molar-refractivity contribution in [1.29, 1.82) is 0 Å². The predicted molar refractivity (Wildman–Crippen MR) is 271 cm³/mol. The van der Waals surface area contributed by atoms with Gasteiger partial charge in [-0.15, -0.1) is 0 Å². The van der Waals surface area contributed by atoms with Gasteiger partial charge in [0.05, 0.1) is 18.9 Å². The number of aliphatic hydroxyl groups excluding tert-OH is 1. The number of aliphatic carboxylic acids is 3. The molecule has 21 nitrogen and oxygen atoms in total. The topological polar surface area (TPSA) is 336 Å². The number of hydrogen-bond donors (Lipinski definition) is 11. The van der Waals surface area contributed by atoms with Crippen LogP contribution < -0.4 is 37.2 Å². The summed E-state index contributed by atoms with van der Waals surface area (Å²) in [5, 5.41) is 57.1. The molecule has 7 amide bonds. The lowest BCUT2D eigenvalue weighted by Crippen LogP contribution is -2.61. The van der Waals surface area contributed by atoms with Gasteiger partial charge in [-0.3, -0.25) is 43.2 Å². The number of carboxylic acid groups (broad SMARTS) is 3. The molecule has 0 saturated carbocycles. The number of hydrogen-bond acceptors (Lipinski definition) is 11. The van der Waals surface area contributed by atoms with Crippen molar-refractivity contribution in [2.45, 2.75) is 228 Å². The fourth-order valence-corrected chi connectivity index (χ4v) is 7.89. The van der Waals surface area contributed by atoms with Crippen LogP contribution in [0.1, 0.15) is 179 Å². The monoisotopic (exact) mass is 1030 g/mol. The molecular formula is C51H91N7O14. The molecule has 0 aliphatic carbocycles. The maximum absolute atomic E-state index is 14.1. The largest absolute Gasteiger partial charge is 0.481 e. The summed E-state index contributed by atoms with van der Waals surface area (Å²) in [6.07, 6.45) is 3.56. The normalized spacial score (nSPS) is 14.9. The first-order valence-electron chi connectivity index (χ1n) is 25.9. The van der Waals surface area contributed by atoms with Crippen LogP contribution in [-0.2, 0) is 47.9 Å². The predicted octanol–water partition coefficient (Wildman–Crippen LogP) is 3.78. The lowest BCUT2D eigenvalue weighted by molar-refractivity contribution is -0.143. The summed E-state index contributed by atoms with van der Waals surface area (Å²) in [5.74, 6) is -10.6. The number of rotatable bonds is 38. The van der Waals surface area contributed by atoms with E-state index in [1.165, 1.54) is 0 Å². The van der Waals surface area contributed by atoms with Gasteiger partial charge in [0, 0.05) is 6.42 Å². The SMILES string of the molecule is CC(C)CCCCCCC[C@@H](O)CC(=O)N[C@@H](CCC(=O)O)C(=O)N[C@@H](CC(C)C)C(=O)N[C@H](CC(C)C)C(=O)N[C@H](C(=O)N[C@@H](CC(=O)O)C(=O)N[C@H](CC(C)C)C(=O)N[C@@H](CC(C)C)C(=O)O)C(C)C. The minimum atomic E-state index is -1.75. The van der Waals surface area contributed by atoms with Gasteiger partial charge in [-0.05, 0) is 74.0 Å². The number of amides is 7. The second-order valence-electron chi connectivity index (χ2n) is 21.6. The van der Waals surface area contributed by atoms with Gasteiger partial charge in [0.2, 0.25) is 41.4 Å². The Balaban J connectivity index is 6.30. The molecule has 0 radical (unpaired) electrons. The number of unbranched alkanes of at least 4 members (excludes halogenated alkanes) is 4. The molecule has 0 heterocycles. The van der Waals surface area contributed by atoms with E-state index < -0.39 is 126 Å². The van der Waals surface area contributed by atoms with Crippen LogP contribution in [0, 0.1) is 35.5 Å². The van der Waals surface area contributed by atoms with Crippen LogP contribution in [0.4, 0.5) is 0 Å². The van der Waals surface area contributed by atoms with E-state index in [9.17, 15) is 68.4 Å². The summed E-state index contributed by atoms with van der Waals surface area (Å²) in [4.78, 5) is 131. The first-order valence-corrected chi connectivity index (χ1v) is 25.9. The van der Waals surface area contributed by atoms with E-state index >= 15 is 0 Å². The highest BCUT2D eigenvalue weighted by atomic mass is 16.4. The summed E-state index contributed by atoms with van der Waals surface area (Å²) in [6.45, 7) is 21.7. The number of carbonyl (C=O) groups excluding carboxylic acids is 7. The lowest BCUT2D eigenvalue weighted by Gasteiger charge is -2.29. The molecule has 11 N–H and O–H groups in total. The standard InChI is InChI=1S/C51H91N7O14/c1-28(2)18-16-14-13-15-17-19-34(59)26-41(60)52-35(20-21-42(61)62)45(65)53-36(22-29(3)4)46(66)55-38(24-31(7)8)49(69)58-44(33(11)12)50(70)56-39(27-43(63)64)48(68)54-37(23-30(5)6)47(67)57-40(51(71)72)25-32(9)10/h28-40,44,59H,13-27H2,1-12H3,(H,52,60)(H,53,65)(H,54,68)(H,55,66)(H,56,70)(H,57,67)(H,58,69)(H,61,62)(H,63,64)(H,71,72)/t34-,35+,36+,37-,38-,39+,40+,44+/m1/s1. The molecule has 0 unspecified atom stereocenters. The molecule has 0 aromatic rings. The maximum atomic E-state index is 14.1. The van der Waals surface area contributed by atoms with Crippen LogP contribution in [0.2, 0.25) is 0 Å². The van der Waals surface area contributed by atoms with E-state index in [1.54, 1.807) is 69.2 Å². The number of nitrogens with one attached hydrogen (secondary N) is 7. The molecule has 0 rings (SSSR count). The third kappa shape index (κ3) is 29.9. The van der Waals surface area contributed by atoms with E-state index in [0.717, 1.165) is 32.1 Å². The Kier molecular flexibility index (Phi) is 32.3. The fraction of sp³-hybridized carbons (Fsp3) is 0.804. The molecule has 0 spiro atoms. The number of carbonyl (C=O) groups is 10. The Morgan fingerprint density at radius 2 is 0.736 bits per heavy atom. The van der Waals surface area contributed by atoms with E-state index in [4.69, 9.17) is 0 Å². The fourth-order valence-electron chi connectivity index (χ4n) is 7.89. The second kappa shape index (κ2) is 34.9. The van der Waals surface area contributed by atoms with Crippen molar-refractivity contribution < 1.29 is 68.4 Å². The Hall–Kier alpha value is -5.34. The molecule has 72 heavy (non-hydrogen) atoms. The third-order valence-corrected chi connectivity index (χ3v) is 11.6. The molecule has 0 saturated heterocycles. The van der Waals surface area contributed by atoms with Crippen LogP contribution in [0.5, 0.6) is 0 Å². The number of aliphatic hydroxyl groups is 1. The molecule has 0 aromatic carbocycles. The minimum Gasteiger partial charge on any atom is -0.481 e. The van der Waals surface area contributed by atoms with Crippen molar-refractivity contribution in [2.24, 2.45) is 35.5 Å². The Morgan fingerprint density at radius 1 is 0.361 bits per heavy atom. The van der Waals surface area contributed by atoms with Crippen molar-refractivity contribution >= 4 is 59.3 Å². The van der Waals surface area contributed by atoms with Gasteiger partial charge >= 0.3 is 17.9 Å². The Labute approximate surface area is 427 Å². The van der Waals surface area contributed by atoms with Crippen molar-refractivity contribution in [3.63, 3.8) is 0 Å². The van der Waals surface area contributed by atoms with Gasteiger partial charge in [-0.2, -0.15) is 0 Å². The highest BCUT2D eigenvalue weighted by Crippen LogP contribution is 2.16. The molecule has 8 atom stereocenters. The van der Waals surface area contributed by atoms with Crippen molar-refractivity contribution in [1.82, 2.24) is 37.2 Å². The van der Waals surface area contributed by atoms with Crippen LogP contribution in [-0.4, -0.2) is 128 Å². The zero-order valence-corrected chi connectivity index (χ0v) is 45.1. The highest BCUT2D eigenvalue weighted by molar-refractivity contribution is 5.98. The molecular weight excluding hydrogens is 935 g/mol. The molecule has 0 aromatic heterocycles. The van der Waals surface area contributed by atoms with E-state index in [-0.39, 0.29) is 62.2 Å². The number of carboxylic acids is 3. The maximum Gasteiger partial charge on any atom is 0.326 e. The highest BCUT2D eigenvalue weighted by Gasteiger charge is 2.36. The van der Waals surface area contributed by atoms with Crippen LogP contribution in [0.25, 0.3) is 0 Å². The van der Waals surface area contributed by atoms with Gasteiger partial charge in [0.25, 0.3) is 0 Å². The summed E-state index contributed by atoms with van der Waals surface area (Å²) < 4.78 is 0. The molecule has 0 aliphatic heterocycles. The molecule has 0 aliphatic rings. The summed E-state index contributed by atoms with van der Waals surface area (Å²) in [5.41, 5.74) is 0. The van der Waals surface area contributed by atoms with E-state index in [2.05, 4.69) is 51.1 Å². The summed E-state index contributed by atoms with van der Waals surface area (Å²) in [7, 11) is 0. The molecule has 0 fully saturated rings. The van der Waals surface area contributed by atoms with Gasteiger partial charge in [-0.25, -0.2) is 4.79 Å². The van der Waals surface area contributed by atoms with Gasteiger partial charge < -0.3 is 57.6 Å². The average Bonchev–Trinajstić information content (AvgIpc) is 3.23. The van der Waals surface area contributed by atoms with E-state index in [1.807, 2.05) is 0 Å². The third-order valence-electron chi connectivity index (χ3n) is 11.6. The van der Waals surface area contributed by atoms with Crippen LogP contribution >= 0.6 is 0 Å². The average molecular weight is 1030 g/mol. The van der Waals surface area contributed by atoms with Crippen LogP contribution in [0.15, 0.2) is 0 Å². The minimum absolute atomic E-state index is 0.0423. The molecule has 0 bridgehead atoms. The van der Waals surface area contributed by atoms with Gasteiger partial charge in [0.1, 0.15) is 42.3 Å². The van der Waals surface area contributed by atoms with Crippen molar-refractivity contribution in [2.75, 3.05) is 0 Å². The summed E-state index contributed by atoms with van der Waals surface area (Å²) >= 11 is 0. The second-order valence-corrected chi connectivity index (χ2v) is 21.6. The lowest BCUT2D eigenvalue weighted by atomic mass is 9.98. The van der Waals surface area contributed by atoms with Crippen molar-refractivity contribution in [3.05, 3.63) is 0 Å². The van der Waals surface area contributed by atoms with Crippen molar-refractivity contribution in [3.8, 4) is 0 Å². The van der Waals surface area contributed by atoms with Gasteiger partial charge in [0.15, 0.2) is 0 Å². The first-order chi connectivity index (χ1) is 33.4. The summed E-state index contributed by atoms with van der Waals surface area (Å²) in [6, 6.07) is -9.65. The Bertz CT molecular complexity index is 1750. The zero-order chi connectivity index (χ0) is 55.4. The Morgan fingerprint density at radius 3 is 1.14 bits per heavy atom. The molecule has 414 valence electrons. The van der Waals surface area contributed by atoms with Gasteiger partial charge in [-0.1, -0.05) is 122 Å². The quantitative estimate of drug-likeness (QED) is 0.0392. The smallest absolute Gasteiger partial charge is 0.326 e. The van der Waals surface area contributed by atoms with Crippen LogP contribution in [0.3, 0.4) is 0 Å². The molecule has 21 heteroatoms.